The molecule has 10 heteroatoms. The minimum atomic E-state index is -0.273. The van der Waals surface area contributed by atoms with Crippen molar-refractivity contribution in [3.8, 4) is 0 Å². The SMILES string of the molecule is O=C(CSc1nnc(NCc2ccc(F)cc2)s1)Nc1cccc(Cl)c1Cl. The maximum Gasteiger partial charge on any atom is 0.234 e. The first kappa shape index (κ1) is 19.9. The van der Waals surface area contributed by atoms with Crippen molar-refractivity contribution in [3.05, 3.63) is 63.9 Å². The molecule has 0 fully saturated rings. The molecule has 0 radical (unpaired) electrons. The van der Waals surface area contributed by atoms with Gasteiger partial charge in [-0.3, -0.25) is 4.79 Å². The molecule has 1 amide bonds. The highest BCUT2D eigenvalue weighted by Crippen LogP contribution is 2.30. The quantitative estimate of drug-likeness (QED) is 0.484. The molecule has 27 heavy (non-hydrogen) atoms. The number of hydrogen-bond acceptors (Lipinski definition) is 6. The molecule has 0 bridgehead atoms. The molecule has 0 saturated heterocycles. The van der Waals surface area contributed by atoms with Crippen molar-refractivity contribution in [1.29, 1.82) is 0 Å². The standard InChI is InChI=1S/C17H13Cl2FN4OS2/c18-12-2-1-3-13(15(12)19)22-14(25)9-26-17-24-23-16(27-17)21-8-10-4-6-11(20)7-5-10/h1-7H,8-9H2,(H,21,23)(H,22,25). The summed E-state index contributed by atoms with van der Waals surface area (Å²) in [5, 5.41) is 15.2. The molecule has 2 aromatic carbocycles. The van der Waals surface area contributed by atoms with Gasteiger partial charge in [0.15, 0.2) is 4.34 Å². The molecule has 0 aliphatic rings. The van der Waals surface area contributed by atoms with Gasteiger partial charge in [0.2, 0.25) is 11.0 Å². The van der Waals surface area contributed by atoms with E-state index in [1.54, 1.807) is 30.3 Å². The number of thioether (sulfide) groups is 1. The predicted molar refractivity (Wildman–Crippen MR) is 109 cm³/mol. The van der Waals surface area contributed by atoms with Crippen molar-refractivity contribution in [3.63, 3.8) is 0 Å². The summed E-state index contributed by atoms with van der Waals surface area (Å²) in [5.41, 5.74) is 1.40. The van der Waals surface area contributed by atoms with Crippen LogP contribution in [0.3, 0.4) is 0 Å². The Bertz CT molecular complexity index is 937. The van der Waals surface area contributed by atoms with Gasteiger partial charge < -0.3 is 10.6 Å². The monoisotopic (exact) mass is 442 g/mol. The lowest BCUT2D eigenvalue weighted by Crippen LogP contribution is -2.14. The highest BCUT2D eigenvalue weighted by molar-refractivity contribution is 8.01. The maximum atomic E-state index is 12.9. The number of nitrogens with one attached hydrogen (secondary N) is 2. The first-order valence-corrected chi connectivity index (χ1v) is 10.3. The van der Waals surface area contributed by atoms with Crippen LogP contribution in [-0.2, 0) is 11.3 Å². The number of hydrogen-bond donors (Lipinski definition) is 2. The summed E-state index contributed by atoms with van der Waals surface area (Å²) in [6.07, 6.45) is 0. The van der Waals surface area contributed by atoms with Crippen LogP contribution in [0.5, 0.6) is 0 Å². The average molecular weight is 443 g/mol. The summed E-state index contributed by atoms with van der Waals surface area (Å²) in [5.74, 6) is -0.332. The van der Waals surface area contributed by atoms with E-state index < -0.39 is 0 Å². The first-order valence-electron chi connectivity index (χ1n) is 7.70. The lowest BCUT2D eigenvalue weighted by molar-refractivity contribution is -0.113. The third kappa shape index (κ3) is 5.80. The van der Waals surface area contributed by atoms with Gasteiger partial charge in [-0.1, -0.05) is 64.5 Å². The van der Waals surface area contributed by atoms with E-state index in [4.69, 9.17) is 23.2 Å². The van der Waals surface area contributed by atoms with E-state index in [-0.39, 0.29) is 17.5 Å². The number of carbonyl (C=O) groups is 1. The Hall–Kier alpha value is -1.87. The Morgan fingerprint density at radius 3 is 2.70 bits per heavy atom. The van der Waals surface area contributed by atoms with Crippen LogP contribution in [0.2, 0.25) is 10.0 Å². The number of rotatable bonds is 7. The van der Waals surface area contributed by atoms with Crippen LogP contribution < -0.4 is 10.6 Å². The molecule has 3 rings (SSSR count). The Morgan fingerprint density at radius 1 is 1.15 bits per heavy atom. The average Bonchev–Trinajstić information content (AvgIpc) is 3.11. The number of amides is 1. The van der Waals surface area contributed by atoms with E-state index >= 15 is 0 Å². The topological polar surface area (TPSA) is 66.9 Å². The Balaban J connectivity index is 1.48. The van der Waals surface area contributed by atoms with Crippen LogP contribution in [0, 0.1) is 5.82 Å². The highest BCUT2D eigenvalue weighted by Gasteiger charge is 2.11. The van der Waals surface area contributed by atoms with Crippen molar-refractivity contribution in [1.82, 2.24) is 10.2 Å². The second kappa shape index (κ2) is 9.36. The van der Waals surface area contributed by atoms with Gasteiger partial charge >= 0.3 is 0 Å². The van der Waals surface area contributed by atoms with Crippen LogP contribution in [0.4, 0.5) is 15.2 Å². The lowest BCUT2D eigenvalue weighted by Gasteiger charge is -2.07. The molecule has 0 saturated carbocycles. The van der Waals surface area contributed by atoms with Gasteiger partial charge in [0, 0.05) is 6.54 Å². The molecule has 5 nitrogen and oxygen atoms in total. The molecule has 0 aliphatic carbocycles. The summed E-state index contributed by atoms with van der Waals surface area (Å²) in [4.78, 5) is 12.1. The van der Waals surface area contributed by atoms with Gasteiger partial charge in [0.25, 0.3) is 0 Å². The molecule has 140 valence electrons. The summed E-state index contributed by atoms with van der Waals surface area (Å²) in [7, 11) is 0. The third-order valence-electron chi connectivity index (χ3n) is 3.32. The van der Waals surface area contributed by atoms with E-state index in [0.717, 1.165) is 5.56 Å². The maximum absolute atomic E-state index is 12.9. The Morgan fingerprint density at radius 2 is 1.93 bits per heavy atom. The fraction of sp³-hybridized carbons (Fsp3) is 0.118. The molecule has 1 aromatic heterocycles. The summed E-state index contributed by atoms with van der Waals surface area (Å²) in [6.45, 7) is 0.507. The Labute approximate surface area is 173 Å². The smallest absolute Gasteiger partial charge is 0.234 e. The van der Waals surface area contributed by atoms with E-state index in [1.807, 2.05) is 0 Å². The van der Waals surface area contributed by atoms with Crippen molar-refractivity contribution in [2.24, 2.45) is 0 Å². The summed E-state index contributed by atoms with van der Waals surface area (Å²) in [6, 6.07) is 11.2. The van der Waals surface area contributed by atoms with E-state index in [9.17, 15) is 9.18 Å². The van der Waals surface area contributed by atoms with E-state index in [2.05, 4.69) is 20.8 Å². The van der Waals surface area contributed by atoms with Crippen molar-refractivity contribution in [2.75, 3.05) is 16.4 Å². The molecule has 0 atom stereocenters. The molecule has 2 N–H and O–H groups in total. The zero-order valence-corrected chi connectivity index (χ0v) is 16.9. The largest absolute Gasteiger partial charge is 0.356 e. The third-order valence-corrected chi connectivity index (χ3v) is 6.15. The van der Waals surface area contributed by atoms with Gasteiger partial charge in [0.05, 0.1) is 21.5 Å². The highest BCUT2D eigenvalue weighted by atomic mass is 35.5. The fourth-order valence-corrected chi connectivity index (χ4v) is 3.93. The summed E-state index contributed by atoms with van der Waals surface area (Å²) < 4.78 is 13.5. The van der Waals surface area contributed by atoms with Crippen molar-refractivity contribution >= 4 is 63.0 Å². The van der Waals surface area contributed by atoms with Crippen LogP contribution in [0.15, 0.2) is 46.8 Å². The van der Waals surface area contributed by atoms with Gasteiger partial charge in [-0.15, -0.1) is 10.2 Å². The number of benzene rings is 2. The van der Waals surface area contributed by atoms with Crippen LogP contribution >= 0.6 is 46.3 Å². The van der Waals surface area contributed by atoms with Gasteiger partial charge in [-0.25, -0.2) is 4.39 Å². The first-order chi connectivity index (χ1) is 13.0. The van der Waals surface area contributed by atoms with Gasteiger partial charge in [-0.2, -0.15) is 0 Å². The zero-order valence-electron chi connectivity index (χ0n) is 13.7. The Kier molecular flexibility index (Phi) is 6.89. The van der Waals surface area contributed by atoms with Crippen LogP contribution in [0.25, 0.3) is 0 Å². The predicted octanol–water partition coefficient (Wildman–Crippen LogP) is 5.33. The number of carbonyl (C=O) groups excluding carboxylic acids is 1. The molecule has 0 unspecified atom stereocenters. The fourth-order valence-electron chi connectivity index (χ4n) is 2.03. The number of nitrogens with zero attached hydrogens (tertiary/aromatic N) is 2. The van der Waals surface area contributed by atoms with Gasteiger partial charge in [-0.05, 0) is 29.8 Å². The second-order valence-corrected chi connectivity index (χ2v) is 8.28. The normalized spacial score (nSPS) is 10.6. The minimum absolute atomic E-state index is 0.162. The lowest BCUT2D eigenvalue weighted by atomic mass is 10.2. The van der Waals surface area contributed by atoms with Crippen molar-refractivity contribution < 1.29 is 9.18 Å². The molecule has 0 spiro atoms. The van der Waals surface area contributed by atoms with E-state index in [0.29, 0.717) is 31.7 Å². The number of anilines is 2. The number of halogens is 3. The van der Waals surface area contributed by atoms with E-state index in [1.165, 1.54) is 35.2 Å². The molecular formula is C17H13Cl2FN4OS2. The molecule has 3 aromatic rings. The molecular weight excluding hydrogens is 430 g/mol. The number of aromatic nitrogens is 2. The second-order valence-electron chi connectivity index (χ2n) is 5.29. The minimum Gasteiger partial charge on any atom is -0.356 e. The zero-order chi connectivity index (χ0) is 19.2. The summed E-state index contributed by atoms with van der Waals surface area (Å²) >= 11 is 14.6. The van der Waals surface area contributed by atoms with Crippen molar-refractivity contribution in [2.45, 2.75) is 10.9 Å². The molecule has 0 aliphatic heterocycles. The molecule has 1 heterocycles. The van der Waals surface area contributed by atoms with Gasteiger partial charge in [0.1, 0.15) is 5.82 Å². The van der Waals surface area contributed by atoms with Crippen LogP contribution in [0.1, 0.15) is 5.56 Å². The van der Waals surface area contributed by atoms with Crippen LogP contribution in [-0.4, -0.2) is 21.9 Å².